The van der Waals surface area contributed by atoms with Crippen LogP contribution in [0.1, 0.15) is 33.6 Å². The number of hydrogen-bond acceptors (Lipinski definition) is 4. The average molecular weight is 182 g/mol. The third kappa shape index (κ3) is 3.79. The lowest BCUT2D eigenvalue weighted by molar-refractivity contribution is 0.267. The molecule has 4 heteroatoms. The summed E-state index contributed by atoms with van der Waals surface area (Å²) in [7, 11) is 0. The van der Waals surface area contributed by atoms with Gasteiger partial charge in [0.05, 0.1) is 0 Å². The van der Waals surface area contributed by atoms with Crippen LogP contribution in [0, 0.1) is 5.41 Å². The highest BCUT2D eigenvalue weighted by molar-refractivity contribution is 5.37. The third-order valence-electron chi connectivity index (χ3n) is 1.94. The highest BCUT2D eigenvalue weighted by Crippen LogP contribution is 2.29. The van der Waals surface area contributed by atoms with Crippen molar-refractivity contribution in [3.05, 3.63) is 0 Å². The van der Waals surface area contributed by atoms with Gasteiger partial charge in [-0.1, -0.05) is 27.2 Å². The summed E-state index contributed by atoms with van der Waals surface area (Å²) in [5.74, 6) is 0. The predicted octanol–water partition coefficient (Wildman–Crippen LogP) is 1.81. The van der Waals surface area contributed by atoms with Gasteiger partial charge in [-0.05, 0) is 6.42 Å². The topological polar surface area (TPSA) is 58.9 Å². The molecule has 4 nitrogen and oxygen atoms in total. The Bertz CT molecular complexity index is 230. The Morgan fingerprint density at radius 2 is 1.69 bits per heavy atom. The molecule has 0 aromatic carbocycles. The van der Waals surface area contributed by atoms with Crippen LogP contribution < -0.4 is 0 Å². The lowest BCUT2D eigenvalue weighted by Gasteiger charge is -2.25. The van der Waals surface area contributed by atoms with Crippen molar-refractivity contribution in [2.45, 2.75) is 39.8 Å². The number of isocyanates is 2. The van der Waals surface area contributed by atoms with E-state index in [1.54, 1.807) is 0 Å². The first-order chi connectivity index (χ1) is 6.08. The minimum absolute atomic E-state index is 0.288. The normalized spacial score (nSPS) is 12.5. The Labute approximate surface area is 77.8 Å². The molecule has 0 N–H and O–H groups in total. The van der Waals surface area contributed by atoms with E-state index in [2.05, 4.69) is 9.98 Å². The highest BCUT2D eigenvalue weighted by atomic mass is 16.1. The van der Waals surface area contributed by atoms with Crippen LogP contribution in [0.15, 0.2) is 9.98 Å². The van der Waals surface area contributed by atoms with Crippen LogP contribution in [-0.2, 0) is 9.59 Å². The van der Waals surface area contributed by atoms with Gasteiger partial charge in [-0.3, -0.25) is 0 Å². The Balaban J connectivity index is 4.69. The van der Waals surface area contributed by atoms with Gasteiger partial charge in [-0.25, -0.2) is 9.59 Å². The van der Waals surface area contributed by atoms with E-state index in [1.807, 2.05) is 20.8 Å². The van der Waals surface area contributed by atoms with Crippen molar-refractivity contribution in [2.24, 2.45) is 15.4 Å². The number of aliphatic imine (C=N–C) groups is 2. The van der Waals surface area contributed by atoms with E-state index < -0.39 is 6.17 Å². The van der Waals surface area contributed by atoms with E-state index in [4.69, 9.17) is 0 Å². The molecule has 0 amide bonds. The molecule has 0 atom stereocenters. The molecular formula is C9H14N2O2. The zero-order chi connectivity index (χ0) is 10.3. The molecule has 0 heterocycles. The van der Waals surface area contributed by atoms with Gasteiger partial charge in [0.2, 0.25) is 12.2 Å². The predicted molar refractivity (Wildman–Crippen MR) is 48.7 cm³/mol. The second-order valence-corrected chi connectivity index (χ2v) is 3.55. The smallest absolute Gasteiger partial charge is 0.211 e. The highest BCUT2D eigenvalue weighted by Gasteiger charge is 2.28. The fourth-order valence-corrected chi connectivity index (χ4v) is 1.25. The van der Waals surface area contributed by atoms with Gasteiger partial charge in [0.25, 0.3) is 0 Å². The molecule has 0 fully saturated rings. The minimum atomic E-state index is -0.651. The lowest BCUT2D eigenvalue weighted by atomic mass is 9.85. The molecule has 0 bridgehead atoms. The summed E-state index contributed by atoms with van der Waals surface area (Å²) in [6.45, 7) is 5.83. The standard InChI is InChI=1S/C9H14N2O2/c1-4-5-9(2,3)8(10-6-12)11-7-13/h8H,4-5H2,1-3H3. The molecule has 0 saturated carbocycles. The summed E-state index contributed by atoms with van der Waals surface area (Å²) in [5.41, 5.74) is -0.288. The van der Waals surface area contributed by atoms with E-state index in [0.717, 1.165) is 12.8 Å². The van der Waals surface area contributed by atoms with Crippen LogP contribution >= 0.6 is 0 Å². The zero-order valence-corrected chi connectivity index (χ0v) is 8.20. The molecule has 0 radical (unpaired) electrons. The van der Waals surface area contributed by atoms with Gasteiger partial charge >= 0.3 is 0 Å². The molecule has 0 unspecified atom stereocenters. The van der Waals surface area contributed by atoms with E-state index >= 15 is 0 Å². The van der Waals surface area contributed by atoms with Crippen LogP contribution in [-0.4, -0.2) is 18.3 Å². The first-order valence-electron chi connectivity index (χ1n) is 4.22. The maximum atomic E-state index is 10.1. The van der Waals surface area contributed by atoms with Crippen molar-refractivity contribution in [3.8, 4) is 0 Å². The van der Waals surface area contributed by atoms with E-state index in [9.17, 15) is 9.59 Å². The van der Waals surface area contributed by atoms with Crippen molar-refractivity contribution in [2.75, 3.05) is 0 Å². The quantitative estimate of drug-likeness (QED) is 0.481. The van der Waals surface area contributed by atoms with Gasteiger partial charge in [-0.15, -0.1) is 0 Å². The SMILES string of the molecule is CCCC(C)(C)C(N=C=O)N=C=O. The molecule has 0 spiro atoms. The third-order valence-corrected chi connectivity index (χ3v) is 1.94. The molecule has 13 heavy (non-hydrogen) atoms. The van der Waals surface area contributed by atoms with E-state index in [-0.39, 0.29) is 5.41 Å². The maximum Gasteiger partial charge on any atom is 0.237 e. The zero-order valence-electron chi connectivity index (χ0n) is 8.20. The van der Waals surface area contributed by atoms with Crippen molar-refractivity contribution >= 4 is 12.2 Å². The molecule has 72 valence electrons. The van der Waals surface area contributed by atoms with Crippen molar-refractivity contribution < 1.29 is 9.59 Å². The second kappa shape index (κ2) is 5.41. The average Bonchev–Trinajstić information content (AvgIpc) is 2.04. The van der Waals surface area contributed by atoms with Crippen molar-refractivity contribution in [3.63, 3.8) is 0 Å². The Kier molecular flexibility index (Phi) is 4.90. The monoisotopic (exact) mass is 182 g/mol. The Hall–Kier alpha value is -1.24. The van der Waals surface area contributed by atoms with E-state index in [0.29, 0.717) is 0 Å². The fraction of sp³-hybridized carbons (Fsp3) is 0.778. The summed E-state index contributed by atoms with van der Waals surface area (Å²) < 4.78 is 0. The fourth-order valence-electron chi connectivity index (χ4n) is 1.25. The molecule has 0 aliphatic heterocycles. The van der Waals surface area contributed by atoms with Gasteiger partial charge in [-0.2, -0.15) is 9.98 Å². The number of carbonyl (C=O) groups excluding carboxylic acids is 2. The number of nitrogens with zero attached hydrogens (tertiary/aromatic N) is 2. The second-order valence-electron chi connectivity index (χ2n) is 3.55. The van der Waals surface area contributed by atoms with E-state index in [1.165, 1.54) is 12.2 Å². The number of rotatable bonds is 5. The van der Waals surface area contributed by atoms with Crippen molar-refractivity contribution in [1.82, 2.24) is 0 Å². The molecular weight excluding hydrogens is 168 g/mol. The maximum absolute atomic E-state index is 10.1. The van der Waals surface area contributed by atoms with Gasteiger partial charge in [0.15, 0.2) is 6.17 Å². The van der Waals surface area contributed by atoms with Crippen molar-refractivity contribution in [1.29, 1.82) is 0 Å². The van der Waals surface area contributed by atoms with Crippen LogP contribution in [0.25, 0.3) is 0 Å². The van der Waals surface area contributed by atoms with Gasteiger partial charge in [0, 0.05) is 5.41 Å². The Morgan fingerprint density at radius 1 is 1.23 bits per heavy atom. The first-order valence-corrected chi connectivity index (χ1v) is 4.22. The van der Waals surface area contributed by atoms with Crippen LogP contribution in [0.3, 0.4) is 0 Å². The van der Waals surface area contributed by atoms with Crippen LogP contribution in [0.2, 0.25) is 0 Å². The molecule has 0 aliphatic rings. The van der Waals surface area contributed by atoms with Gasteiger partial charge in [0.1, 0.15) is 0 Å². The van der Waals surface area contributed by atoms with Gasteiger partial charge < -0.3 is 0 Å². The van der Waals surface area contributed by atoms with Crippen LogP contribution in [0.4, 0.5) is 0 Å². The molecule has 0 aliphatic carbocycles. The lowest BCUT2D eigenvalue weighted by Crippen LogP contribution is -2.25. The first kappa shape index (κ1) is 11.8. The molecule has 0 aromatic rings. The summed E-state index contributed by atoms with van der Waals surface area (Å²) in [6.07, 6.45) is 3.98. The summed E-state index contributed by atoms with van der Waals surface area (Å²) in [6, 6.07) is 0. The summed E-state index contributed by atoms with van der Waals surface area (Å²) >= 11 is 0. The minimum Gasteiger partial charge on any atom is -0.211 e. The van der Waals surface area contributed by atoms with Crippen LogP contribution in [0.5, 0.6) is 0 Å². The molecule has 0 rings (SSSR count). The Morgan fingerprint density at radius 3 is 2.00 bits per heavy atom. The number of hydrogen-bond donors (Lipinski definition) is 0. The molecule has 0 aromatic heterocycles. The molecule has 0 saturated heterocycles. The largest absolute Gasteiger partial charge is 0.237 e. The summed E-state index contributed by atoms with van der Waals surface area (Å²) in [5, 5.41) is 0. The summed E-state index contributed by atoms with van der Waals surface area (Å²) in [4.78, 5) is 27.1.